The fourth-order valence-electron chi connectivity index (χ4n) is 1.90. The molecule has 1 saturated heterocycles. The zero-order valence-electron chi connectivity index (χ0n) is 11.2. The van der Waals surface area contributed by atoms with Gasteiger partial charge in [0.2, 0.25) is 5.95 Å². The van der Waals surface area contributed by atoms with E-state index in [1.807, 2.05) is 13.8 Å². The molecule has 1 fully saturated rings. The molecule has 110 valence electrons. The van der Waals surface area contributed by atoms with E-state index in [0.29, 0.717) is 0 Å². The molecule has 5 nitrogen and oxygen atoms in total. The van der Waals surface area contributed by atoms with E-state index in [2.05, 4.69) is 20.2 Å². The van der Waals surface area contributed by atoms with Gasteiger partial charge in [0.25, 0.3) is 0 Å². The second-order valence-corrected chi connectivity index (χ2v) is 4.74. The first kappa shape index (κ1) is 18.4. The molecular weight excluding hydrogens is 287 g/mol. The molecule has 0 radical (unpaired) electrons. The van der Waals surface area contributed by atoms with Crippen molar-refractivity contribution in [1.29, 1.82) is 0 Å². The Morgan fingerprint density at radius 2 is 1.68 bits per heavy atom. The molecule has 1 aliphatic heterocycles. The summed E-state index contributed by atoms with van der Waals surface area (Å²) in [5, 5.41) is 13.2. The Balaban J connectivity index is 0.00000162. The van der Waals surface area contributed by atoms with E-state index in [1.165, 1.54) is 0 Å². The van der Waals surface area contributed by atoms with Crippen LogP contribution < -0.4 is 10.2 Å². The van der Waals surface area contributed by atoms with Gasteiger partial charge in [-0.15, -0.1) is 24.8 Å². The number of anilines is 1. The number of halogens is 2. The second-order valence-electron chi connectivity index (χ2n) is 4.74. The summed E-state index contributed by atoms with van der Waals surface area (Å²) in [6.07, 6.45) is 2.98. The number of hydrogen-bond donors (Lipinski definition) is 2. The number of rotatable bonds is 3. The molecule has 0 aliphatic carbocycles. The summed E-state index contributed by atoms with van der Waals surface area (Å²) in [7, 11) is 0. The number of piperazine rings is 1. The van der Waals surface area contributed by atoms with Crippen LogP contribution in [0.2, 0.25) is 0 Å². The Morgan fingerprint density at radius 3 is 2.16 bits per heavy atom. The molecular formula is C12H22Cl2N4O. The standard InChI is InChI=1S/C12H20N4O.2ClH/c1-9(2)11(17)10-7-14-12(15-8-10)16-5-3-13-4-6-16;;/h7-9,11,13,17H,3-6H2,1-2H3;2*1H. The van der Waals surface area contributed by atoms with E-state index < -0.39 is 6.10 Å². The molecule has 7 heteroatoms. The molecule has 0 amide bonds. The van der Waals surface area contributed by atoms with Crippen LogP contribution in [0.1, 0.15) is 25.5 Å². The van der Waals surface area contributed by atoms with Gasteiger partial charge in [0.15, 0.2) is 0 Å². The Hall–Kier alpha value is -0.620. The van der Waals surface area contributed by atoms with Crippen molar-refractivity contribution >= 4 is 30.8 Å². The van der Waals surface area contributed by atoms with Gasteiger partial charge in [0, 0.05) is 44.1 Å². The van der Waals surface area contributed by atoms with Crippen LogP contribution in [-0.4, -0.2) is 41.3 Å². The van der Waals surface area contributed by atoms with Crippen LogP contribution in [0.25, 0.3) is 0 Å². The normalized spacial score (nSPS) is 16.5. The zero-order valence-corrected chi connectivity index (χ0v) is 12.9. The van der Waals surface area contributed by atoms with Gasteiger partial charge >= 0.3 is 0 Å². The molecule has 2 heterocycles. The van der Waals surface area contributed by atoms with Gasteiger partial charge in [-0.25, -0.2) is 9.97 Å². The van der Waals surface area contributed by atoms with Crippen molar-refractivity contribution in [3.63, 3.8) is 0 Å². The van der Waals surface area contributed by atoms with Gasteiger partial charge in [-0.05, 0) is 5.92 Å². The van der Waals surface area contributed by atoms with Crippen LogP contribution in [0.15, 0.2) is 12.4 Å². The van der Waals surface area contributed by atoms with Crippen molar-refractivity contribution < 1.29 is 5.11 Å². The summed E-state index contributed by atoms with van der Waals surface area (Å²) in [5.41, 5.74) is 0.791. The average Bonchev–Trinajstić information content (AvgIpc) is 2.39. The van der Waals surface area contributed by atoms with Crippen LogP contribution >= 0.6 is 24.8 Å². The predicted octanol–water partition coefficient (Wildman–Crippen LogP) is 1.42. The van der Waals surface area contributed by atoms with Crippen molar-refractivity contribution in [1.82, 2.24) is 15.3 Å². The van der Waals surface area contributed by atoms with Gasteiger partial charge in [0.1, 0.15) is 0 Å². The first-order valence-corrected chi connectivity index (χ1v) is 6.14. The SMILES string of the molecule is CC(C)C(O)c1cnc(N2CCNCC2)nc1.Cl.Cl. The van der Waals surface area contributed by atoms with E-state index in [4.69, 9.17) is 0 Å². The van der Waals surface area contributed by atoms with Gasteiger partial charge in [0.05, 0.1) is 6.10 Å². The van der Waals surface area contributed by atoms with Gasteiger partial charge in [-0.3, -0.25) is 0 Å². The lowest BCUT2D eigenvalue weighted by Gasteiger charge is -2.27. The Labute approximate surface area is 126 Å². The number of aliphatic hydroxyl groups is 1. The minimum Gasteiger partial charge on any atom is -0.388 e. The third-order valence-electron chi connectivity index (χ3n) is 3.03. The summed E-state index contributed by atoms with van der Waals surface area (Å²) in [6, 6.07) is 0. The maximum atomic E-state index is 9.90. The first-order chi connectivity index (χ1) is 8.18. The molecule has 0 saturated carbocycles. The summed E-state index contributed by atoms with van der Waals surface area (Å²) < 4.78 is 0. The van der Waals surface area contributed by atoms with E-state index in [9.17, 15) is 5.11 Å². The molecule has 19 heavy (non-hydrogen) atoms. The smallest absolute Gasteiger partial charge is 0.225 e. The average molecular weight is 309 g/mol. The third-order valence-corrected chi connectivity index (χ3v) is 3.03. The van der Waals surface area contributed by atoms with Gasteiger partial charge in [-0.1, -0.05) is 13.8 Å². The maximum Gasteiger partial charge on any atom is 0.225 e. The largest absolute Gasteiger partial charge is 0.388 e. The van der Waals surface area contributed by atoms with Gasteiger partial charge < -0.3 is 15.3 Å². The van der Waals surface area contributed by atoms with E-state index >= 15 is 0 Å². The van der Waals surface area contributed by atoms with Crippen molar-refractivity contribution in [3.8, 4) is 0 Å². The Kier molecular flexibility index (Phi) is 8.25. The monoisotopic (exact) mass is 308 g/mol. The third kappa shape index (κ3) is 4.76. The molecule has 1 aromatic heterocycles. The lowest BCUT2D eigenvalue weighted by atomic mass is 10.0. The van der Waals surface area contributed by atoms with Crippen LogP contribution in [0.3, 0.4) is 0 Å². The molecule has 1 aliphatic rings. The summed E-state index contributed by atoms with van der Waals surface area (Å²) in [4.78, 5) is 10.8. The molecule has 2 N–H and O–H groups in total. The first-order valence-electron chi connectivity index (χ1n) is 6.14. The fourth-order valence-corrected chi connectivity index (χ4v) is 1.90. The Morgan fingerprint density at radius 1 is 1.16 bits per heavy atom. The summed E-state index contributed by atoms with van der Waals surface area (Å²) >= 11 is 0. The number of hydrogen-bond acceptors (Lipinski definition) is 5. The Bertz CT molecular complexity index is 355. The highest BCUT2D eigenvalue weighted by Gasteiger charge is 2.16. The van der Waals surface area contributed by atoms with Crippen molar-refractivity contribution in [2.45, 2.75) is 20.0 Å². The highest BCUT2D eigenvalue weighted by molar-refractivity contribution is 5.85. The number of aliphatic hydroxyl groups excluding tert-OH is 1. The van der Waals surface area contributed by atoms with Crippen molar-refractivity contribution in [2.75, 3.05) is 31.1 Å². The van der Waals surface area contributed by atoms with E-state index in [1.54, 1.807) is 12.4 Å². The number of nitrogens with zero attached hydrogens (tertiary/aromatic N) is 3. The van der Waals surface area contributed by atoms with Crippen molar-refractivity contribution in [3.05, 3.63) is 18.0 Å². The van der Waals surface area contributed by atoms with E-state index in [-0.39, 0.29) is 30.7 Å². The quantitative estimate of drug-likeness (QED) is 0.884. The minimum atomic E-state index is -0.480. The molecule has 2 rings (SSSR count). The lowest BCUT2D eigenvalue weighted by Crippen LogP contribution is -2.44. The predicted molar refractivity (Wildman–Crippen MR) is 81.4 cm³/mol. The van der Waals surface area contributed by atoms with Crippen LogP contribution in [0.5, 0.6) is 0 Å². The maximum absolute atomic E-state index is 9.90. The van der Waals surface area contributed by atoms with Crippen molar-refractivity contribution in [2.24, 2.45) is 5.92 Å². The molecule has 0 aromatic carbocycles. The minimum absolute atomic E-state index is 0. The highest BCUT2D eigenvalue weighted by Crippen LogP contribution is 2.20. The lowest BCUT2D eigenvalue weighted by molar-refractivity contribution is 0.126. The molecule has 1 atom stereocenters. The van der Waals surface area contributed by atoms with Crippen LogP contribution in [0.4, 0.5) is 5.95 Å². The van der Waals surface area contributed by atoms with E-state index in [0.717, 1.165) is 37.7 Å². The summed E-state index contributed by atoms with van der Waals surface area (Å²) in [6.45, 7) is 7.78. The molecule has 0 bridgehead atoms. The zero-order chi connectivity index (χ0) is 12.3. The summed E-state index contributed by atoms with van der Waals surface area (Å²) in [5.74, 6) is 0.940. The number of aromatic nitrogens is 2. The molecule has 0 spiro atoms. The molecule has 1 aromatic rings. The molecule has 1 unspecified atom stereocenters. The number of nitrogens with one attached hydrogen (secondary N) is 1. The second kappa shape index (κ2) is 8.53. The van der Waals surface area contributed by atoms with Gasteiger partial charge in [-0.2, -0.15) is 0 Å². The van der Waals surface area contributed by atoms with Crippen LogP contribution in [-0.2, 0) is 0 Å². The fraction of sp³-hybridized carbons (Fsp3) is 0.667. The topological polar surface area (TPSA) is 61.3 Å². The van der Waals surface area contributed by atoms with Crippen LogP contribution in [0, 0.1) is 5.92 Å². The highest BCUT2D eigenvalue weighted by atomic mass is 35.5.